The predicted molar refractivity (Wildman–Crippen MR) is 115 cm³/mol. The number of fused-ring (bicyclic) bond motifs is 1. The van der Waals surface area contributed by atoms with Crippen molar-refractivity contribution in [3.05, 3.63) is 57.3 Å². The molecule has 0 saturated heterocycles. The molecule has 2 unspecified atom stereocenters. The fraction of sp³-hybridized carbons (Fsp3) is 0.478. The summed E-state index contributed by atoms with van der Waals surface area (Å²) in [7, 11) is 0. The molecular weight excluding hydrogens is 368 g/mol. The molecule has 2 heterocycles. The number of thiophene rings is 1. The molecule has 3 rings (SSSR count). The summed E-state index contributed by atoms with van der Waals surface area (Å²) in [5, 5.41) is 2.12. The smallest absolute Gasteiger partial charge is 0.243 e. The van der Waals surface area contributed by atoms with Crippen LogP contribution in [-0.2, 0) is 16.0 Å². The molecule has 2 amide bonds. The van der Waals surface area contributed by atoms with E-state index in [-0.39, 0.29) is 30.4 Å². The maximum atomic E-state index is 13.4. The average molecular weight is 399 g/mol. The van der Waals surface area contributed by atoms with Crippen molar-refractivity contribution in [1.29, 1.82) is 0 Å². The Labute approximate surface area is 172 Å². The molecule has 0 spiro atoms. The molecule has 0 radical (unpaired) electrons. The minimum atomic E-state index is -0.0702. The second-order valence-electron chi connectivity index (χ2n) is 7.53. The van der Waals surface area contributed by atoms with Crippen molar-refractivity contribution < 1.29 is 9.59 Å². The van der Waals surface area contributed by atoms with Gasteiger partial charge in [-0.15, -0.1) is 11.3 Å². The summed E-state index contributed by atoms with van der Waals surface area (Å²) >= 11 is 1.77. The number of nitrogens with zero attached hydrogens (tertiary/aromatic N) is 2. The molecule has 0 aliphatic carbocycles. The van der Waals surface area contributed by atoms with Crippen LogP contribution >= 0.6 is 11.3 Å². The van der Waals surface area contributed by atoms with E-state index in [0.717, 1.165) is 12.8 Å². The summed E-state index contributed by atoms with van der Waals surface area (Å²) in [5.74, 6) is 0.0792. The van der Waals surface area contributed by atoms with Crippen LogP contribution in [-0.4, -0.2) is 40.7 Å². The largest absolute Gasteiger partial charge is 0.331 e. The lowest BCUT2D eigenvalue weighted by Crippen LogP contribution is -2.49. The Kier molecular flexibility index (Phi) is 6.55. The number of rotatable bonds is 6. The zero-order chi connectivity index (χ0) is 20.3. The zero-order valence-corrected chi connectivity index (χ0v) is 18.1. The molecule has 2 aromatic rings. The van der Waals surface area contributed by atoms with Gasteiger partial charge < -0.3 is 9.80 Å². The Hall–Kier alpha value is -2.14. The van der Waals surface area contributed by atoms with Gasteiger partial charge in [0.05, 0.1) is 6.04 Å². The van der Waals surface area contributed by atoms with Gasteiger partial charge in [0.25, 0.3) is 0 Å². The molecule has 150 valence electrons. The minimum absolute atomic E-state index is 0.0344. The minimum Gasteiger partial charge on any atom is -0.331 e. The average Bonchev–Trinajstić information content (AvgIpc) is 3.19. The zero-order valence-electron chi connectivity index (χ0n) is 17.3. The molecule has 2 atom stereocenters. The van der Waals surface area contributed by atoms with Gasteiger partial charge in [0.2, 0.25) is 11.8 Å². The maximum absolute atomic E-state index is 13.4. The molecule has 0 fully saturated rings. The standard InChI is InChI=1S/C23H30N2O2S/c1-5-17(4)25(21(26)6-2)15-22(27)24-13-11-20-19(12-14-28-20)23(24)18-10-8-7-9-16(18)3/h7-10,12,14,17,23H,5-6,11,13,15H2,1-4H3. The number of carbonyl (C=O) groups is 2. The first-order valence-electron chi connectivity index (χ1n) is 10.2. The van der Waals surface area contributed by atoms with Gasteiger partial charge in [-0.25, -0.2) is 0 Å². The molecule has 4 nitrogen and oxygen atoms in total. The SMILES string of the molecule is CCC(=O)N(CC(=O)N1CCc2sccc2C1c1ccccc1C)C(C)CC. The van der Waals surface area contributed by atoms with Crippen LogP contribution in [0, 0.1) is 6.92 Å². The van der Waals surface area contributed by atoms with E-state index in [2.05, 4.69) is 37.4 Å². The van der Waals surface area contributed by atoms with E-state index in [4.69, 9.17) is 0 Å². The third-order valence-electron chi connectivity index (χ3n) is 5.82. The fourth-order valence-electron chi connectivity index (χ4n) is 3.96. The number of aryl methyl sites for hydroxylation is 1. The number of amides is 2. The lowest BCUT2D eigenvalue weighted by atomic mass is 9.90. The van der Waals surface area contributed by atoms with Crippen LogP contribution in [0.3, 0.4) is 0 Å². The van der Waals surface area contributed by atoms with Crippen LogP contribution in [0.4, 0.5) is 0 Å². The van der Waals surface area contributed by atoms with E-state index < -0.39 is 0 Å². The van der Waals surface area contributed by atoms with Crippen LogP contribution in [0.15, 0.2) is 35.7 Å². The second kappa shape index (κ2) is 8.91. The molecule has 1 aromatic carbocycles. The summed E-state index contributed by atoms with van der Waals surface area (Å²) in [6.07, 6.45) is 2.15. The molecule has 1 aliphatic rings. The van der Waals surface area contributed by atoms with E-state index in [1.54, 1.807) is 16.2 Å². The van der Waals surface area contributed by atoms with Gasteiger partial charge in [-0.1, -0.05) is 38.1 Å². The number of hydrogen-bond acceptors (Lipinski definition) is 3. The Morgan fingerprint density at radius 1 is 1.21 bits per heavy atom. The summed E-state index contributed by atoms with van der Waals surface area (Å²) in [5.41, 5.74) is 3.59. The van der Waals surface area contributed by atoms with Crippen LogP contribution in [0.5, 0.6) is 0 Å². The summed E-state index contributed by atoms with van der Waals surface area (Å²) in [6, 6.07) is 10.4. The molecule has 0 N–H and O–H groups in total. The summed E-state index contributed by atoms with van der Waals surface area (Å²) < 4.78 is 0. The number of hydrogen-bond donors (Lipinski definition) is 0. The maximum Gasteiger partial charge on any atom is 0.243 e. The van der Waals surface area contributed by atoms with Gasteiger partial charge in [0.15, 0.2) is 0 Å². The van der Waals surface area contributed by atoms with Gasteiger partial charge in [-0.3, -0.25) is 9.59 Å². The third kappa shape index (κ3) is 4.00. The van der Waals surface area contributed by atoms with Crippen molar-refractivity contribution in [3.8, 4) is 0 Å². The quantitative estimate of drug-likeness (QED) is 0.715. The highest BCUT2D eigenvalue weighted by atomic mass is 32.1. The summed E-state index contributed by atoms with van der Waals surface area (Å²) in [4.78, 5) is 31.0. The lowest BCUT2D eigenvalue weighted by molar-refractivity contribution is -0.143. The highest BCUT2D eigenvalue weighted by Crippen LogP contribution is 2.39. The van der Waals surface area contributed by atoms with E-state index >= 15 is 0 Å². The molecular formula is C23H30N2O2S. The highest BCUT2D eigenvalue weighted by Gasteiger charge is 2.34. The van der Waals surface area contributed by atoms with E-state index in [1.807, 2.05) is 30.9 Å². The fourth-order valence-corrected chi connectivity index (χ4v) is 4.87. The first-order chi connectivity index (χ1) is 13.5. The lowest BCUT2D eigenvalue weighted by Gasteiger charge is -2.39. The molecule has 0 saturated carbocycles. The van der Waals surface area contributed by atoms with E-state index in [0.29, 0.717) is 13.0 Å². The van der Waals surface area contributed by atoms with Crippen molar-refractivity contribution in [2.75, 3.05) is 13.1 Å². The van der Waals surface area contributed by atoms with Crippen molar-refractivity contribution in [2.24, 2.45) is 0 Å². The molecule has 1 aromatic heterocycles. The Bertz CT molecular complexity index is 845. The predicted octanol–water partition coefficient (Wildman–Crippen LogP) is 4.57. The van der Waals surface area contributed by atoms with Crippen LogP contribution < -0.4 is 0 Å². The van der Waals surface area contributed by atoms with Crippen molar-refractivity contribution >= 4 is 23.2 Å². The van der Waals surface area contributed by atoms with Crippen LogP contribution in [0.1, 0.15) is 61.2 Å². The molecule has 0 bridgehead atoms. The normalized spacial score (nSPS) is 17.1. The van der Waals surface area contributed by atoms with Gasteiger partial charge in [-0.05, 0) is 54.8 Å². The van der Waals surface area contributed by atoms with Gasteiger partial charge >= 0.3 is 0 Å². The molecule has 5 heteroatoms. The monoisotopic (exact) mass is 398 g/mol. The van der Waals surface area contributed by atoms with Crippen molar-refractivity contribution in [3.63, 3.8) is 0 Å². The molecule has 28 heavy (non-hydrogen) atoms. The third-order valence-corrected chi connectivity index (χ3v) is 6.82. The Morgan fingerprint density at radius 2 is 1.96 bits per heavy atom. The Morgan fingerprint density at radius 3 is 2.64 bits per heavy atom. The van der Waals surface area contributed by atoms with E-state index in [1.165, 1.54) is 21.6 Å². The van der Waals surface area contributed by atoms with Gasteiger partial charge in [0.1, 0.15) is 6.54 Å². The van der Waals surface area contributed by atoms with Gasteiger partial charge in [-0.2, -0.15) is 0 Å². The first-order valence-corrected chi connectivity index (χ1v) is 11.1. The van der Waals surface area contributed by atoms with Crippen LogP contribution in [0.25, 0.3) is 0 Å². The topological polar surface area (TPSA) is 40.6 Å². The summed E-state index contributed by atoms with van der Waals surface area (Å²) in [6.45, 7) is 8.89. The highest BCUT2D eigenvalue weighted by molar-refractivity contribution is 7.10. The van der Waals surface area contributed by atoms with Gasteiger partial charge in [0, 0.05) is 23.9 Å². The van der Waals surface area contributed by atoms with E-state index in [9.17, 15) is 9.59 Å². The molecule has 1 aliphatic heterocycles. The number of carbonyl (C=O) groups excluding carboxylic acids is 2. The number of benzene rings is 1. The second-order valence-corrected chi connectivity index (χ2v) is 8.53. The van der Waals surface area contributed by atoms with Crippen molar-refractivity contribution in [2.45, 2.75) is 59.0 Å². The van der Waals surface area contributed by atoms with Crippen molar-refractivity contribution in [1.82, 2.24) is 9.80 Å². The Balaban J connectivity index is 1.94. The first kappa shape index (κ1) is 20.6. The van der Waals surface area contributed by atoms with Crippen LogP contribution in [0.2, 0.25) is 0 Å².